The average Bonchev–Trinajstić information content (AvgIpc) is 2.33. The molecule has 0 aliphatic heterocycles. The zero-order valence-electron chi connectivity index (χ0n) is 11.7. The van der Waals surface area contributed by atoms with Gasteiger partial charge < -0.3 is 10.3 Å². The van der Waals surface area contributed by atoms with Gasteiger partial charge in [-0.1, -0.05) is 17.7 Å². The second-order valence-corrected chi connectivity index (χ2v) is 5.81. The van der Waals surface area contributed by atoms with Crippen LogP contribution in [0, 0.1) is 5.92 Å². The Morgan fingerprint density at radius 1 is 1.47 bits per heavy atom. The van der Waals surface area contributed by atoms with Crippen LogP contribution in [0.5, 0.6) is 0 Å². The molecule has 2 aliphatic carbocycles. The number of nitrogens with zero attached hydrogens (tertiary/aromatic N) is 1. The number of aromatic nitrogens is 1. The quantitative estimate of drug-likeness (QED) is 0.722. The first kappa shape index (κ1) is 12.4. The third kappa shape index (κ3) is 1.58. The van der Waals surface area contributed by atoms with Crippen LogP contribution >= 0.6 is 0 Å². The monoisotopic (exact) mass is 256 g/mol. The number of nitrogens with two attached hydrogens (primary N) is 1. The Morgan fingerprint density at radius 3 is 2.89 bits per heavy atom. The predicted octanol–water partition coefficient (Wildman–Crippen LogP) is 2.01. The summed E-state index contributed by atoms with van der Waals surface area (Å²) < 4.78 is 1.75. The molecule has 0 saturated heterocycles. The van der Waals surface area contributed by atoms with E-state index >= 15 is 0 Å². The third-order valence-corrected chi connectivity index (χ3v) is 4.60. The number of allylic oxidation sites excluding steroid dienone is 2. The fraction of sp³-hybridized carbons (Fsp3) is 0.438. The van der Waals surface area contributed by atoms with Crippen LogP contribution in [0.15, 0.2) is 40.2 Å². The second kappa shape index (κ2) is 3.94. The molecule has 2 atom stereocenters. The molecule has 3 heteroatoms. The lowest BCUT2D eigenvalue weighted by atomic mass is 9.63. The smallest absolute Gasteiger partial charge is 0.250 e. The molecule has 1 aromatic rings. The van der Waals surface area contributed by atoms with E-state index in [0.717, 1.165) is 24.1 Å². The number of pyridine rings is 1. The molecular weight excluding hydrogens is 236 g/mol. The maximum Gasteiger partial charge on any atom is 0.250 e. The van der Waals surface area contributed by atoms with Crippen molar-refractivity contribution in [2.45, 2.75) is 32.2 Å². The van der Waals surface area contributed by atoms with Gasteiger partial charge >= 0.3 is 0 Å². The topological polar surface area (TPSA) is 48.0 Å². The highest BCUT2D eigenvalue weighted by atomic mass is 16.1. The standard InChI is InChI=1S/C16H20N2O/c1-4-12-11-7-10(2)9-16(12,17)13-5-6-15(19)18(3)14(13)8-11/h4-7,11H,8-9,17H2,1-3H3/b12-4+/t11-,16+/m1/s1. The van der Waals surface area contributed by atoms with Gasteiger partial charge in [0.05, 0.1) is 5.54 Å². The lowest BCUT2D eigenvalue weighted by Crippen LogP contribution is -2.49. The van der Waals surface area contributed by atoms with Crippen molar-refractivity contribution >= 4 is 0 Å². The van der Waals surface area contributed by atoms with Crippen molar-refractivity contribution in [3.05, 3.63) is 57.0 Å². The number of rotatable bonds is 0. The van der Waals surface area contributed by atoms with Gasteiger partial charge in [0.15, 0.2) is 0 Å². The summed E-state index contributed by atoms with van der Waals surface area (Å²) in [6.45, 7) is 4.21. The Kier molecular flexibility index (Phi) is 2.58. The molecule has 0 radical (unpaired) electrons. The van der Waals surface area contributed by atoms with Crippen LogP contribution in [-0.4, -0.2) is 4.57 Å². The van der Waals surface area contributed by atoms with Crippen LogP contribution in [0.4, 0.5) is 0 Å². The summed E-state index contributed by atoms with van der Waals surface area (Å²) in [7, 11) is 1.84. The summed E-state index contributed by atoms with van der Waals surface area (Å²) in [4.78, 5) is 11.8. The van der Waals surface area contributed by atoms with Gasteiger partial charge in [-0.2, -0.15) is 0 Å². The fourth-order valence-corrected chi connectivity index (χ4v) is 3.79. The van der Waals surface area contributed by atoms with Crippen molar-refractivity contribution in [3.8, 4) is 0 Å². The maximum absolute atomic E-state index is 11.8. The normalized spacial score (nSPS) is 31.1. The maximum atomic E-state index is 11.8. The van der Waals surface area contributed by atoms with Crippen LogP contribution < -0.4 is 11.3 Å². The minimum absolute atomic E-state index is 0.0463. The SMILES string of the molecule is C/C=C1\[C@@H]2C=C(C)C[C@@]1(N)c1ccc(=O)n(C)c1C2. The summed E-state index contributed by atoms with van der Waals surface area (Å²) in [6, 6.07) is 3.56. The van der Waals surface area contributed by atoms with Crippen molar-refractivity contribution in [2.24, 2.45) is 18.7 Å². The number of fused-ring (bicyclic) bond motifs is 4. The van der Waals surface area contributed by atoms with Crippen molar-refractivity contribution in [1.29, 1.82) is 0 Å². The van der Waals surface area contributed by atoms with E-state index in [1.807, 2.05) is 13.1 Å². The zero-order chi connectivity index (χ0) is 13.8. The van der Waals surface area contributed by atoms with Gasteiger partial charge in [0, 0.05) is 24.7 Å². The molecule has 2 aliphatic rings. The minimum atomic E-state index is -0.433. The molecule has 0 aromatic carbocycles. The van der Waals surface area contributed by atoms with E-state index in [4.69, 9.17) is 5.73 Å². The van der Waals surface area contributed by atoms with Gasteiger partial charge in [0.1, 0.15) is 0 Å². The van der Waals surface area contributed by atoms with Crippen LogP contribution in [0.3, 0.4) is 0 Å². The minimum Gasteiger partial charge on any atom is -0.318 e. The molecule has 0 unspecified atom stereocenters. The Balaban J connectivity index is 2.33. The van der Waals surface area contributed by atoms with Crippen LogP contribution in [0.25, 0.3) is 0 Å². The molecular formula is C16H20N2O. The van der Waals surface area contributed by atoms with E-state index in [1.54, 1.807) is 10.6 Å². The van der Waals surface area contributed by atoms with E-state index in [1.165, 1.54) is 11.1 Å². The molecule has 1 aromatic heterocycles. The Labute approximate surface area is 113 Å². The number of hydrogen-bond donors (Lipinski definition) is 1. The summed E-state index contributed by atoms with van der Waals surface area (Å²) in [5, 5.41) is 0. The summed E-state index contributed by atoms with van der Waals surface area (Å²) in [5.74, 6) is 0.337. The van der Waals surface area contributed by atoms with E-state index < -0.39 is 5.54 Å². The first-order valence-corrected chi connectivity index (χ1v) is 6.79. The largest absolute Gasteiger partial charge is 0.318 e. The molecule has 0 spiro atoms. The highest BCUT2D eigenvalue weighted by Crippen LogP contribution is 2.47. The van der Waals surface area contributed by atoms with Crippen molar-refractivity contribution in [1.82, 2.24) is 4.57 Å². The lowest BCUT2D eigenvalue weighted by Gasteiger charge is -2.45. The summed E-state index contributed by atoms with van der Waals surface area (Å²) in [5.41, 5.74) is 11.2. The molecule has 19 heavy (non-hydrogen) atoms. The molecule has 2 bridgehead atoms. The van der Waals surface area contributed by atoms with Gasteiger partial charge in [-0.15, -0.1) is 0 Å². The first-order valence-electron chi connectivity index (χ1n) is 6.79. The Morgan fingerprint density at radius 2 is 2.21 bits per heavy atom. The van der Waals surface area contributed by atoms with E-state index in [9.17, 15) is 4.79 Å². The lowest BCUT2D eigenvalue weighted by molar-refractivity contribution is 0.401. The highest BCUT2D eigenvalue weighted by Gasteiger charge is 2.44. The molecule has 3 rings (SSSR count). The van der Waals surface area contributed by atoms with Crippen molar-refractivity contribution in [3.63, 3.8) is 0 Å². The van der Waals surface area contributed by atoms with Gasteiger partial charge in [-0.3, -0.25) is 4.79 Å². The average molecular weight is 256 g/mol. The molecule has 3 nitrogen and oxygen atoms in total. The van der Waals surface area contributed by atoms with Crippen LogP contribution in [0.1, 0.15) is 31.5 Å². The summed E-state index contributed by atoms with van der Waals surface area (Å²) in [6.07, 6.45) is 6.18. The van der Waals surface area contributed by atoms with E-state index in [-0.39, 0.29) is 5.56 Å². The van der Waals surface area contributed by atoms with Gasteiger partial charge in [-0.05, 0) is 43.9 Å². The predicted molar refractivity (Wildman–Crippen MR) is 76.9 cm³/mol. The van der Waals surface area contributed by atoms with Gasteiger partial charge in [-0.25, -0.2) is 0 Å². The fourth-order valence-electron chi connectivity index (χ4n) is 3.79. The molecule has 0 fully saturated rings. The van der Waals surface area contributed by atoms with E-state index in [0.29, 0.717) is 5.92 Å². The molecule has 0 amide bonds. The van der Waals surface area contributed by atoms with E-state index in [2.05, 4.69) is 26.0 Å². The van der Waals surface area contributed by atoms with Gasteiger partial charge in [0.25, 0.3) is 0 Å². The second-order valence-electron chi connectivity index (χ2n) is 5.81. The Bertz CT molecular complexity index is 666. The molecule has 0 saturated carbocycles. The third-order valence-electron chi connectivity index (χ3n) is 4.60. The number of hydrogen-bond acceptors (Lipinski definition) is 2. The summed E-state index contributed by atoms with van der Waals surface area (Å²) >= 11 is 0. The van der Waals surface area contributed by atoms with Crippen LogP contribution in [-0.2, 0) is 19.0 Å². The zero-order valence-corrected chi connectivity index (χ0v) is 11.7. The first-order chi connectivity index (χ1) is 8.97. The Hall–Kier alpha value is -1.61. The molecule has 1 heterocycles. The highest BCUT2D eigenvalue weighted by molar-refractivity contribution is 5.49. The molecule has 2 N–H and O–H groups in total. The van der Waals surface area contributed by atoms with Crippen molar-refractivity contribution in [2.75, 3.05) is 0 Å². The van der Waals surface area contributed by atoms with Crippen LogP contribution in [0.2, 0.25) is 0 Å². The molecule has 100 valence electrons. The van der Waals surface area contributed by atoms with Crippen molar-refractivity contribution < 1.29 is 0 Å². The van der Waals surface area contributed by atoms with Gasteiger partial charge in [0.2, 0.25) is 5.56 Å².